The van der Waals surface area contributed by atoms with E-state index >= 15 is 0 Å². The van der Waals surface area contributed by atoms with Crippen molar-refractivity contribution in [1.82, 2.24) is 9.44 Å². The van der Waals surface area contributed by atoms with E-state index in [0.29, 0.717) is 63.7 Å². The van der Waals surface area contributed by atoms with Gasteiger partial charge in [-0.1, -0.05) is 73.5 Å². The van der Waals surface area contributed by atoms with E-state index in [9.17, 15) is 36.6 Å². The molecule has 4 N–H and O–H groups in total. The molecular formula is C64H78Cl2N4O10S2. The number of allylic oxidation sites excluding steroid dienone is 2. The van der Waals surface area contributed by atoms with Gasteiger partial charge in [-0.15, -0.1) is 0 Å². The fourth-order valence-corrected chi connectivity index (χ4v) is 17.3. The van der Waals surface area contributed by atoms with Gasteiger partial charge in [0.15, 0.2) is 0 Å². The van der Waals surface area contributed by atoms with Gasteiger partial charge < -0.3 is 29.5 Å². The lowest BCUT2D eigenvalue weighted by molar-refractivity contribution is 0.0454. The molecule has 82 heavy (non-hydrogen) atoms. The SMILES string of the molecule is C[C@@H]1C/C=C/[C@H](O)[C@@H]2CC[C@H]2CN2C[C@@]3(CCCc4cc(Cl)ccc43)COc3ccc(cc32)C(=O)NS(=O)(=O)[C@@H]1C.C[C@@H]1C/C=C/[C@H](O)[C@@H]2CC[C@H]2CN2C[C@@]3(CCCc4cc(Cl)ccc43)COc3ccc(cc32)C(=O)NS(=O)(=O)[C@H]1C. The number of nitrogens with zero attached hydrogens (tertiary/aromatic N) is 2. The molecule has 4 aliphatic heterocycles. The highest BCUT2D eigenvalue weighted by Gasteiger charge is 2.47. The van der Waals surface area contributed by atoms with Crippen molar-refractivity contribution in [1.29, 1.82) is 0 Å². The highest BCUT2D eigenvalue weighted by Crippen LogP contribution is 2.49. The van der Waals surface area contributed by atoms with Crippen LogP contribution in [0.5, 0.6) is 11.5 Å². The maximum Gasteiger partial charge on any atom is 0.264 e. The predicted molar refractivity (Wildman–Crippen MR) is 322 cm³/mol. The minimum atomic E-state index is -3.91. The monoisotopic (exact) mass is 1200 g/mol. The van der Waals surface area contributed by atoms with Gasteiger partial charge in [-0.3, -0.25) is 9.59 Å². The Morgan fingerprint density at radius 2 is 0.988 bits per heavy atom. The van der Waals surface area contributed by atoms with E-state index in [4.69, 9.17) is 32.7 Å². The minimum absolute atomic E-state index is 0.128. The smallest absolute Gasteiger partial charge is 0.264 e. The first-order chi connectivity index (χ1) is 39.1. The van der Waals surface area contributed by atoms with Gasteiger partial charge in [0.25, 0.3) is 11.8 Å². The molecule has 2 spiro atoms. The van der Waals surface area contributed by atoms with Gasteiger partial charge >= 0.3 is 0 Å². The maximum atomic E-state index is 13.3. The molecule has 12 rings (SSSR count). The maximum absolute atomic E-state index is 13.3. The van der Waals surface area contributed by atoms with Crippen LogP contribution in [0, 0.1) is 35.5 Å². The molecule has 4 aliphatic carbocycles. The van der Waals surface area contributed by atoms with Crippen LogP contribution in [0.1, 0.15) is 135 Å². The molecule has 0 unspecified atom stereocenters. The number of aryl methyl sites for hydroxylation is 2. The summed E-state index contributed by atoms with van der Waals surface area (Å²) in [6, 6.07) is 22.7. The van der Waals surface area contributed by atoms with E-state index in [1.165, 1.54) is 22.3 Å². The lowest BCUT2D eigenvalue weighted by atomic mass is 9.68. The number of fused-ring (bicyclic) bond motifs is 8. The lowest BCUT2D eigenvalue weighted by Gasteiger charge is -2.45. The molecule has 440 valence electrons. The zero-order valence-corrected chi connectivity index (χ0v) is 50.5. The van der Waals surface area contributed by atoms with E-state index in [1.54, 1.807) is 50.2 Å². The molecule has 0 saturated heterocycles. The zero-order chi connectivity index (χ0) is 57.9. The molecule has 4 heterocycles. The molecule has 8 aliphatic rings. The predicted octanol–water partition coefficient (Wildman–Crippen LogP) is 10.5. The van der Waals surface area contributed by atoms with Crippen LogP contribution in [0.2, 0.25) is 10.0 Å². The van der Waals surface area contributed by atoms with E-state index in [1.807, 2.05) is 50.3 Å². The van der Waals surface area contributed by atoms with Crippen molar-refractivity contribution in [2.45, 2.75) is 138 Å². The van der Waals surface area contributed by atoms with Gasteiger partial charge in [-0.2, -0.15) is 0 Å². The zero-order valence-electron chi connectivity index (χ0n) is 47.4. The summed E-state index contributed by atoms with van der Waals surface area (Å²) >= 11 is 12.8. The van der Waals surface area contributed by atoms with Crippen molar-refractivity contribution in [3.63, 3.8) is 0 Å². The summed E-state index contributed by atoms with van der Waals surface area (Å²) in [6.45, 7) is 10.8. The number of aliphatic hydroxyl groups is 2. The molecule has 4 bridgehead atoms. The average Bonchev–Trinajstić information content (AvgIpc) is 3.92. The average molecular weight is 1200 g/mol. The Kier molecular flexibility index (Phi) is 16.7. The van der Waals surface area contributed by atoms with Crippen LogP contribution in [-0.2, 0) is 43.7 Å². The summed E-state index contributed by atoms with van der Waals surface area (Å²) in [7, 11) is -7.82. The highest BCUT2D eigenvalue weighted by atomic mass is 35.5. The fraction of sp³-hybridized carbons (Fsp3) is 0.531. The second-order valence-electron chi connectivity index (χ2n) is 25.2. The number of sulfonamides is 2. The number of halogens is 2. The minimum Gasteiger partial charge on any atom is -0.490 e. The van der Waals surface area contributed by atoms with Gasteiger partial charge in [0, 0.05) is 58.2 Å². The number of ether oxygens (including phenoxy) is 2. The van der Waals surface area contributed by atoms with E-state index < -0.39 is 54.6 Å². The molecule has 12 atom stereocenters. The third-order valence-corrected chi connectivity index (χ3v) is 24.4. The Morgan fingerprint density at radius 3 is 1.38 bits per heavy atom. The van der Waals surface area contributed by atoms with Crippen molar-refractivity contribution >= 4 is 66.4 Å². The van der Waals surface area contributed by atoms with Gasteiger partial charge in [-0.25, -0.2) is 26.3 Å². The van der Waals surface area contributed by atoms with Gasteiger partial charge in [0.2, 0.25) is 20.0 Å². The third-order valence-electron chi connectivity index (χ3n) is 20.1. The van der Waals surface area contributed by atoms with Crippen LogP contribution in [0.25, 0.3) is 0 Å². The summed E-state index contributed by atoms with van der Waals surface area (Å²) in [5, 5.41) is 22.1. The van der Waals surface area contributed by atoms with E-state index in [0.717, 1.165) is 85.6 Å². The Labute approximate surface area is 494 Å². The Bertz CT molecular complexity index is 3170. The summed E-state index contributed by atoms with van der Waals surface area (Å²) in [6.07, 6.45) is 17.2. The topological polar surface area (TPSA) is 192 Å². The summed E-state index contributed by atoms with van der Waals surface area (Å²) in [5.41, 5.74) is 6.65. The normalized spacial score (nSPS) is 33.8. The van der Waals surface area contributed by atoms with Crippen LogP contribution in [0.15, 0.2) is 97.1 Å². The first-order valence-electron chi connectivity index (χ1n) is 29.6. The number of anilines is 2. The lowest BCUT2D eigenvalue weighted by Crippen LogP contribution is -2.49. The number of carbonyl (C=O) groups excluding carboxylic acids is 2. The second-order valence-corrected chi connectivity index (χ2v) is 30.2. The molecular weight excluding hydrogens is 1120 g/mol. The van der Waals surface area contributed by atoms with Gasteiger partial charge in [-0.05, 0) is 209 Å². The quantitative estimate of drug-likeness (QED) is 0.122. The largest absolute Gasteiger partial charge is 0.490 e. The number of amides is 2. The van der Waals surface area contributed by atoms with E-state index in [-0.39, 0.29) is 57.5 Å². The van der Waals surface area contributed by atoms with E-state index in [2.05, 4.69) is 43.5 Å². The van der Waals surface area contributed by atoms with Crippen LogP contribution in [-0.4, -0.2) is 101 Å². The van der Waals surface area contributed by atoms with Crippen LogP contribution in [0.4, 0.5) is 11.4 Å². The fourth-order valence-electron chi connectivity index (χ4n) is 14.3. The van der Waals surface area contributed by atoms with Crippen LogP contribution in [0.3, 0.4) is 0 Å². The number of carbonyl (C=O) groups is 2. The molecule has 2 amide bonds. The molecule has 4 aromatic rings. The Hall–Kier alpha value is -5.10. The highest BCUT2D eigenvalue weighted by molar-refractivity contribution is 7.91. The number of hydrogen-bond acceptors (Lipinski definition) is 12. The van der Waals surface area contributed by atoms with Gasteiger partial charge in [0.1, 0.15) is 11.5 Å². The molecule has 0 aromatic heterocycles. The number of nitrogens with one attached hydrogen (secondary N) is 2. The summed E-state index contributed by atoms with van der Waals surface area (Å²) < 4.78 is 70.2. The van der Waals surface area contributed by atoms with Crippen molar-refractivity contribution in [3.05, 3.63) is 141 Å². The Morgan fingerprint density at radius 1 is 0.573 bits per heavy atom. The molecule has 0 radical (unpaired) electrons. The first-order valence-corrected chi connectivity index (χ1v) is 33.4. The Balaban J connectivity index is 0.000000172. The van der Waals surface area contributed by atoms with Gasteiger partial charge in [0.05, 0.1) is 47.3 Å². The first kappa shape index (κ1) is 58.7. The van der Waals surface area contributed by atoms with Crippen LogP contribution < -0.4 is 28.7 Å². The van der Waals surface area contributed by atoms with Crippen molar-refractivity contribution in [2.24, 2.45) is 35.5 Å². The summed E-state index contributed by atoms with van der Waals surface area (Å²) in [5.74, 6) is 0.463. The number of benzene rings is 4. The van der Waals surface area contributed by atoms with Crippen molar-refractivity contribution in [2.75, 3.05) is 49.2 Å². The van der Waals surface area contributed by atoms with Crippen molar-refractivity contribution < 1.29 is 46.1 Å². The van der Waals surface area contributed by atoms with Crippen LogP contribution >= 0.6 is 23.2 Å². The molecule has 4 aromatic carbocycles. The third kappa shape index (κ3) is 11.7. The molecule has 2 saturated carbocycles. The standard InChI is InChI=1S/2C32H39ClN2O5S/c2*1-20-5-3-7-29(36)26-11-8-24(26)17-35-18-32(14-4-6-22-15-25(33)10-12-27(22)32)19-40-30-13-9-23(16-28(30)35)31(37)34-41(38,39)21(20)2/h2*3,7,9-10,12-13,15-16,20-21,24,26,29,36H,4-6,8,11,14,17-19H2,1-2H3,(H,34,37)/b2*7-3+/t20-,21+,24+,26-,29+,32+;20-,21-,24+,26-,29+,32+/m11/s1. The molecule has 14 nitrogen and oxygen atoms in total. The number of hydrogen-bond donors (Lipinski definition) is 4. The number of rotatable bonds is 0. The second kappa shape index (κ2) is 23.4. The summed E-state index contributed by atoms with van der Waals surface area (Å²) in [4.78, 5) is 31.2. The molecule has 18 heteroatoms. The number of aliphatic hydroxyl groups excluding tert-OH is 2. The molecule has 2 fully saturated rings. The van der Waals surface area contributed by atoms with Crippen molar-refractivity contribution in [3.8, 4) is 11.5 Å².